The SMILES string of the molecule is C=C(C)C(=O)C=C(CCCO)C(=O)O. The van der Waals surface area contributed by atoms with Crippen molar-refractivity contribution in [1.82, 2.24) is 0 Å². The highest BCUT2D eigenvalue weighted by Gasteiger charge is 2.09. The molecule has 0 fully saturated rings. The lowest BCUT2D eigenvalue weighted by molar-refractivity contribution is -0.133. The predicted molar refractivity (Wildman–Crippen MR) is 51.9 cm³/mol. The summed E-state index contributed by atoms with van der Waals surface area (Å²) in [5.41, 5.74) is 0.305. The first-order chi connectivity index (χ1) is 6.49. The van der Waals surface area contributed by atoms with Crippen molar-refractivity contribution >= 4 is 11.8 Å². The number of carboxylic acids is 1. The second-order valence-electron chi connectivity index (χ2n) is 2.95. The minimum absolute atomic E-state index is 0.00653. The van der Waals surface area contributed by atoms with Crippen LogP contribution >= 0.6 is 0 Å². The maximum absolute atomic E-state index is 11.1. The molecule has 4 nitrogen and oxygen atoms in total. The van der Waals surface area contributed by atoms with Gasteiger partial charge in [-0.25, -0.2) is 4.79 Å². The third-order valence-corrected chi connectivity index (χ3v) is 1.60. The summed E-state index contributed by atoms with van der Waals surface area (Å²) in [6, 6.07) is 0. The van der Waals surface area contributed by atoms with Crippen LogP contribution in [0.3, 0.4) is 0 Å². The van der Waals surface area contributed by atoms with Crippen LogP contribution in [0.25, 0.3) is 0 Å². The Hall–Kier alpha value is -1.42. The molecule has 0 saturated heterocycles. The van der Waals surface area contributed by atoms with E-state index in [1.54, 1.807) is 0 Å². The number of ketones is 1. The van der Waals surface area contributed by atoms with Crippen molar-refractivity contribution in [2.75, 3.05) is 6.61 Å². The van der Waals surface area contributed by atoms with Crippen molar-refractivity contribution in [2.45, 2.75) is 19.8 Å². The Morgan fingerprint density at radius 3 is 2.36 bits per heavy atom. The summed E-state index contributed by atoms with van der Waals surface area (Å²) in [6.45, 7) is 4.84. The van der Waals surface area contributed by atoms with Gasteiger partial charge in [-0.15, -0.1) is 0 Å². The van der Waals surface area contributed by atoms with E-state index in [9.17, 15) is 9.59 Å². The van der Waals surface area contributed by atoms with Gasteiger partial charge in [0, 0.05) is 12.2 Å². The molecule has 2 N–H and O–H groups in total. The molecular formula is C10H14O4. The van der Waals surface area contributed by atoms with Gasteiger partial charge < -0.3 is 10.2 Å². The maximum atomic E-state index is 11.1. The Morgan fingerprint density at radius 1 is 1.43 bits per heavy atom. The van der Waals surface area contributed by atoms with Gasteiger partial charge in [-0.2, -0.15) is 0 Å². The summed E-state index contributed by atoms with van der Waals surface area (Å²) in [4.78, 5) is 21.8. The standard InChI is InChI=1S/C10H14O4/c1-7(2)9(12)6-8(10(13)14)4-3-5-11/h6,11H,1,3-5H2,2H3,(H,13,14). The van der Waals surface area contributed by atoms with E-state index in [-0.39, 0.29) is 24.4 Å². The number of aliphatic hydroxyl groups is 1. The van der Waals surface area contributed by atoms with Crippen molar-refractivity contribution in [3.05, 3.63) is 23.8 Å². The molecule has 0 aromatic heterocycles. The number of carbonyl (C=O) groups excluding carboxylic acids is 1. The van der Waals surface area contributed by atoms with Gasteiger partial charge >= 0.3 is 5.97 Å². The molecule has 0 aromatic rings. The highest BCUT2D eigenvalue weighted by atomic mass is 16.4. The van der Waals surface area contributed by atoms with Crippen LogP contribution in [-0.4, -0.2) is 28.6 Å². The average molecular weight is 198 g/mol. The Bertz CT molecular complexity index is 276. The van der Waals surface area contributed by atoms with Crippen molar-refractivity contribution in [1.29, 1.82) is 0 Å². The smallest absolute Gasteiger partial charge is 0.331 e. The molecule has 0 atom stereocenters. The third kappa shape index (κ3) is 4.57. The van der Waals surface area contributed by atoms with E-state index in [0.717, 1.165) is 6.08 Å². The summed E-state index contributed by atoms with van der Waals surface area (Å²) in [5.74, 6) is -1.52. The fourth-order valence-corrected chi connectivity index (χ4v) is 0.792. The van der Waals surface area contributed by atoms with Crippen LogP contribution in [0.2, 0.25) is 0 Å². The summed E-state index contributed by atoms with van der Waals surface area (Å²) in [5, 5.41) is 17.2. The van der Waals surface area contributed by atoms with E-state index in [0.29, 0.717) is 12.0 Å². The molecule has 4 heteroatoms. The number of hydrogen-bond acceptors (Lipinski definition) is 3. The van der Waals surface area contributed by atoms with E-state index < -0.39 is 5.97 Å². The van der Waals surface area contributed by atoms with Gasteiger partial charge in [-0.1, -0.05) is 6.58 Å². The number of carboxylic acid groups (broad SMARTS) is 1. The molecule has 78 valence electrons. The molecule has 0 aliphatic heterocycles. The van der Waals surface area contributed by atoms with Crippen LogP contribution in [0.4, 0.5) is 0 Å². The summed E-state index contributed by atoms with van der Waals surface area (Å²) < 4.78 is 0. The Labute approximate surface area is 82.6 Å². The van der Waals surface area contributed by atoms with E-state index in [4.69, 9.17) is 10.2 Å². The quantitative estimate of drug-likeness (QED) is 0.622. The number of aliphatic hydroxyl groups excluding tert-OH is 1. The van der Waals surface area contributed by atoms with Gasteiger partial charge in [0.2, 0.25) is 0 Å². The van der Waals surface area contributed by atoms with Gasteiger partial charge in [0.25, 0.3) is 0 Å². The van der Waals surface area contributed by atoms with E-state index >= 15 is 0 Å². The monoisotopic (exact) mass is 198 g/mol. The van der Waals surface area contributed by atoms with Gasteiger partial charge in [0.1, 0.15) is 0 Å². The van der Waals surface area contributed by atoms with Gasteiger partial charge in [0.05, 0.1) is 0 Å². The number of aliphatic carboxylic acids is 1. The second-order valence-corrected chi connectivity index (χ2v) is 2.95. The zero-order chi connectivity index (χ0) is 11.1. The molecule has 0 rings (SSSR count). The third-order valence-electron chi connectivity index (χ3n) is 1.60. The zero-order valence-corrected chi connectivity index (χ0v) is 8.12. The number of allylic oxidation sites excluding steroid dienone is 2. The molecule has 0 radical (unpaired) electrons. The number of hydrogen-bond donors (Lipinski definition) is 2. The van der Waals surface area contributed by atoms with Crippen LogP contribution in [0.5, 0.6) is 0 Å². The topological polar surface area (TPSA) is 74.6 Å². The van der Waals surface area contributed by atoms with E-state index in [2.05, 4.69) is 6.58 Å². The van der Waals surface area contributed by atoms with Crippen molar-refractivity contribution in [2.24, 2.45) is 0 Å². The average Bonchev–Trinajstić information content (AvgIpc) is 2.10. The van der Waals surface area contributed by atoms with Gasteiger partial charge in [-0.05, 0) is 31.4 Å². The second kappa shape index (κ2) is 6.10. The molecule has 0 unspecified atom stereocenters. The van der Waals surface area contributed by atoms with Crippen LogP contribution in [-0.2, 0) is 9.59 Å². The summed E-state index contributed by atoms with van der Waals surface area (Å²) in [7, 11) is 0. The summed E-state index contributed by atoms with van der Waals surface area (Å²) >= 11 is 0. The fraction of sp³-hybridized carbons (Fsp3) is 0.400. The van der Waals surface area contributed by atoms with Gasteiger partial charge in [-0.3, -0.25) is 4.79 Å². The molecule has 0 aliphatic rings. The van der Waals surface area contributed by atoms with Crippen molar-refractivity contribution < 1.29 is 19.8 Å². The van der Waals surface area contributed by atoms with E-state index in [1.807, 2.05) is 0 Å². The largest absolute Gasteiger partial charge is 0.478 e. The maximum Gasteiger partial charge on any atom is 0.331 e. The molecule has 0 saturated carbocycles. The number of carbonyl (C=O) groups is 2. The van der Waals surface area contributed by atoms with Crippen LogP contribution < -0.4 is 0 Å². The molecule has 0 bridgehead atoms. The Kier molecular flexibility index (Phi) is 5.48. The Morgan fingerprint density at radius 2 is 2.00 bits per heavy atom. The fourth-order valence-electron chi connectivity index (χ4n) is 0.792. The van der Waals surface area contributed by atoms with Crippen LogP contribution in [0, 0.1) is 0 Å². The lowest BCUT2D eigenvalue weighted by Crippen LogP contribution is -2.05. The molecule has 0 amide bonds. The number of rotatable bonds is 6. The molecular weight excluding hydrogens is 184 g/mol. The molecule has 0 heterocycles. The van der Waals surface area contributed by atoms with Crippen LogP contribution in [0.15, 0.2) is 23.8 Å². The highest BCUT2D eigenvalue weighted by Crippen LogP contribution is 2.06. The zero-order valence-electron chi connectivity index (χ0n) is 8.12. The first-order valence-corrected chi connectivity index (χ1v) is 4.23. The molecule has 0 aliphatic carbocycles. The highest BCUT2D eigenvalue weighted by molar-refractivity contribution is 6.07. The first kappa shape index (κ1) is 12.6. The molecule has 0 spiro atoms. The minimum atomic E-state index is -1.13. The summed E-state index contributed by atoms with van der Waals surface area (Å²) in [6.07, 6.45) is 1.58. The lowest BCUT2D eigenvalue weighted by Gasteiger charge is -2.00. The normalized spacial score (nSPS) is 11.1. The minimum Gasteiger partial charge on any atom is -0.478 e. The van der Waals surface area contributed by atoms with Gasteiger partial charge in [0.15, 0.2) is 5.78 Å². The van der Waals surface area contributed by atoms with Crippen molar-refractivity contribution in [3.8, 4) is 0 Å². The molecule has 0 aromatic carbocycles. The first-order valence-electron chi connectivity index (χ1n) is 4.23. The predicted octanol–water partition coefficient (Wildman–Crippen LogP) is 0.915. The van der Waals surface area contributed by atoms with Crippen molar-refractivity contribution in [3.63, 3.8) is 0 Å². The van der Waals surface area contributed by atoms with E-state index in [1.165, 1.54) is 6.92 Å². The molecule has 14 heavy (non-hydrogen) atoms. The lowest BCUT2D eigenvalue weighted by atomic mass is 10.1. The Balaban J connectivity index is 4.56. The van der Waals surface area contributed by atoms with Crippen LogP contribution in [0.1, 0.15) is 19.8 Å².